The van der Waals surface area contributed by atoms with Gasteiger partial charge in [-0.1, -0.05) is 15.9 Å². The molecule has 19 heavy (non-hydrogen) atoms. The number of anilines is 1. The Bertz CT molecular complexity index is 711. The zero-order valence-corrected chi connectivity index (χ0v) is 12.3. The molecule has 0 saturated heterocycles. The van der Waals surface area contributed by atoms with Crippen LogP contribution in [0, 0.1) is 0 Å². The average molecular weight is 374 g/mol. The monoisotopic (exact) mass is 373 g/mol. The molecule has 1 rings (SSSR count). The second-order valence-corrected chi connectivity index (χ2v) is 6.66. The van der Waals surface area contributed by atoms with E-state index in [-0.39, 0.29) is 5.33 Å². The molecule has 0 spiro atoms. The standard InChI is InChI=1S/C8H8BrNO7S2/c9-4-8(11)10-6-3-5(18(12,13)14)1-2-7(6)19(15,16)17/h1-3H,4H2,(H,10,11)(H,12,13,14)(H,15,16,17). The lowest BCUT2D eigenvalue weighted by Gasteiger charge is -2.09. The number of nitrogens with one attached hydrogen (secondary N) is 1. The second-order valence-electron chi connectivity index (χ2n) is 3.29. The smallest absolute Gasteiger partial charge is 0.296 e. The number of rotatable bonds is 4. The molecule has 0 heterocycles. The van der Waals surface area contributed by atoms with Gasteiger partial charge in [-0.15, -0.1) is 0 Å². The van der Waals surface area contributed by atoms with E-state index in [4.69, 9.17) is 9.11 Å². The molecule has 0 unspecified atom stereocenters. The van der Waals surface area contributed by atoms with Gasteiger partial charge in [-0.2, -0.15) is 16.8 Å². The lowest BCUT2D eigenvalue weighted by atomic mass is 10.3. The van der Waals surface area contributed by atoms with E-state index in [1.54, 1.807) is 0 Å². The zero-order chi connectivity index (χ0) is 14.8. The summed E-state index contributed by atoms with van der Waals surface area (Å²) >= 11 is 2.81. The molecule has 0 aliphatic heterocycles. The molecule has 0 atom stereocenters. The third-order valence-electron chi connectivity index (χ3n) is 1.92. The normalized spacial score (nSPS) is 12.2. The van der Waals surface area contributed by atoms with Gasteiger partial charge >= 0.3 is 0 Å². The lowest BCUT2D eigenvalue weighted by molar-refractivity contribution is -0.113. The Balaban J connectivity index is 3.48. The van der Waals surface area contributed by atoms with Gasteiger partial charge in [-0.3, -0.25) is 13.9 Å². The Kier molecular flexibility index (Phi) is 4.68. The van der Waals surface area contributed by atoms with Crippen molar-refractivity contribution < 1.29 is 30.7 Å². The number of carbonyl (C=O) groups excluding carboxylic acids is 1. The second kappa shape index (κ2) is 5.54. The number of amides is 1. The number of hydrogen-bond donors (Lipinski definition) is 3. The fraction of sp³-hybridized carbons (Fsp3) is 0.125. The van der Waals surface area contributed by atoms with E-state index >= 15 is 0 Å². The van der Waals surface area contributed by atoms with Crippen LogP contribution in [-0.2, 0) is 25.0 Å². The SMILES string of the molecule is O=C(CBr)Nc1cc(S(=O)(=O)O)ccc1S(=O)(=O)O. The van der Waals surface area contributed by atoms with Gasteiger partial charge in [-0.25, -0.2) is 0 Å². The molecule has 0 bridgehead atoms. The Morgan fingerprint density at radius 2 is 1.74 bits per heavy atom. The molecule has 106 valence electrons. The first-order chi connectivity index (χ1) is 8.55. The van der Waals surface area contributed by atoms with E-state index in [1.807, 2.05) is 0 Å². The minimum Gasteiger partial charge on any atom is -0.324 e. The van der Waals surface area contributed by atoms with E-state index in [1.165, 1.54) is 0 Å². The van der Waals surface area contributed by atoms with Crippen molar-refractivity contribution in [3.63, 3.8) is 0 Å². The number of hydrogen-bond acceptors (Lipinski definition) is 5. The van der Waals surface area contributed by atoms with Crippen molar-refractivity contribution >= 4 is 47.8 Å². The van der Waals surface area contributed by atoms with Gasteiger partial charge in [0, 0.05) is 0 Å². The van der Waals surface area contributed by atoms with Gasteiger partial charge in [0.05, 0.1) is 15.9 Å². The van der Waals surface area contributed by atoms with Crippen LogP contribution in [0.3, 0.4) is 0 Å². The van der Waals surface area contributed by atoms with Crippen LogP contribution in [0.25, 0.3) is 0 Å². The summed E-state index contributed by atoms with van der Waals surface area (Å²) in [5.74, 6) is -0.669. The first-order valence-corrected chi connectivity index (χ1v) is 8.50. The van der Waals surface area contributed by atoms with E-state index < -0.39 is 41.6 Å². The Morgan fingerprint density at radius 1 is 1.16 bits per heavy atom. The fourth-order valence-electron chi connectivity index (χ4n) is 1.18. The number of benzene rings is 1. The van der Waals surface area contributed by atoms with Crippen molar-refractivity contribution in [2.45, 2.75) is 9.79 Å². The largest absolute Gasteiger partial charge is 0.324 e. The van der Waals surface area contributed by atoms with Crippen LogP contribution < -0.4 is 5.32 Å². The maximum Gasteiger partial charge on any atom is 0.296 e. The molecule has 0 aromatic heterocycles. The Morgan fingerprint density at radius 3 is 2.16 bits per heavy atom. The number of carbonyl (C=O) groups is 1. The van der Waals surface area contributed by atoms with Gasteiger partial charge in [-0.05, 0) is 18.2 Å². The molecule has 0 saturated carbocycles. The molecule has 0 radical (unpaired) electrons. The number of alkyl halides is 1. The molecule has 1 amide bonds. The topological polar surface area (TPSA) is 138 Å². The molecule has 0 aliphatic carbocycles. The van der Waals surface area contributed by atoms with Crippen LogP contribution in [-0.4, -0.2) is 37.2 Å². The van der Waals surface area contributed by atoms with Crippen LogP contribution in [0.2, 0.25) is 0 Å². The van der Waals surface area contributed by atoms with Gasteiger partial charge in [0.1, 0.15) is 4.90 Å². The summed E-state index contributed by atoms with van der Waals surface area (Å²) in [5, 5.41) is 1.91. The van der Waals surface area contributed by atoms with Crippen molar-refractivity contribution in [2.24, 2.45) is 0 Å². The van der Waals surface area contributed by atoms with Crippen molar-refractivity contribution in [2.75, 3.05) is 10.6 Å². The fourth-order valence-corrected chi connectivity index (χ4v) is 2.45. The Labute approximate surface area is 117 Å². The molecule has 11 heteroatoms. The Hall–Kier alpha value is -1.01. The van der Waals surface area contributed by atoms with Gasteiger partial charge in [0.25, 0.3) is 20.2 Å². The molecular weight excluding hydrogens is 366 g/mol. The molecule has 0 aliphatic rings. The van der Waals surface area contributed by atoms with E-state index in [0.717, 1.165) is 18.2 Å². The molecule has 8 nitrogen and oxygen atoms in total. The minimum absolute atomic E-state index is 0.173. The highest BCUT2D eigenvalue weighted by atomic mass is 79.9. The quantitative estimate of drug-likeness (QED) is 0.516. The molecule has 1 aromatic rings. The summed E-state index contributed by atoms with van der Waals surface area (Å²) in [4.78, 5) is 9.87. The van der Waals surface area contributed by atoms with Crippen LogP contribution in [0.4, 0.5) is 5.69 Å². The van der Waals surface area contributed by atoms with Gasteiger partial charge in [0.2, 0.25) is 5.91 Å². The van der Waals surface area contributed by atoms with Crippen LogP contribution in [0.1, 0.15) is 0 Å². The van der Waals surface area contributed by atoms with Gasteiger partial charge in [0.15, 0.2) is 0 Å². The molecule has 0 fully saturated rings. The summed E-state index contributed by atoms with van der Waals surface area (Å²) < 4.78 is 61.8. The highest BCUT2D eigenvalue weighted by molar-refractivity contribution is 9.09. The summed E-state index contributed by atoms with van der Waals surface area (Å²) in [7, 11) is -9.23. The van der Waals surface area contributed by atoms with Crippen LogP contribution >= 0.6 is 15.9 Å². The van der Waals surface area contributed by atoms with Crippen molar-refractivity contribution in [3.8, 4) is 0 Å². The summed E-state index contributed by atoms with van der Waals surface area (Å²) in [6.45, 7) is 0. The highest BCUT2D eigenvalue weighted by Crippen LogP contribution is 2.25. The molecular formula is C8H8BrNO7S2. The maximum atomic E-state index is 11.2. The first kappa shape index (κ1) is 16.0. The summed E-state index contributed by atoms with van der Waals surface area (Å²) in [6.07, 6.45) is 0. The summed E-state index contributed by atoms with van der Waals surface area (Å²) in [5.41, 5.74) is -0.456. The zero-order valence-electron chi connectivity index (χ0n) is 9.07. The average Bonchev–Trinajstić information content (AvgIpc) is 2.26. The first-order valence-electron chi connectivity index (χ1n) is 4.50. The van der Waals surface area contributed by atoms with Gasteiger partial charge < -0.3 is 5.32 Å². The van der Waals surface area contributed by atoms with Crippen molar-refractivity contribution in [3.05, 3.63) is 18.2 Å². The highest BCUT2D eigenvalue weighted by Gasteiger charge is 2.20. The van der Waals surface area contributed by atoms with Crippen LogP contribution in [0.5, 0.6) is 0 Å². The van der Waals surface area contributed by atoms with Crippen molar-refractivity contribution in [1.82, 2.24) is 0 Å². The predicted molar refractivity (Wildman–Crippen MR) is 68.5 cm³/mol. The lowest BCUT2D eigenvalue weighted by Crippen LogP contribution is -2.16. The predicted octanol–water partition coefficient (Wildman–Crippen LogP) is 0.513. The summed E-state index contributed by atoms with van der Waals surface area (Å²) in [6, 6.07) is 2.25. The van der Waals surface area contributed by atoms with E-state index in [2.05, 4.69) is 21.2 Å². The van der Waals surface area contributed by atoms with Crippen molar-refractivity contribution in [1.29, 1.82) is 0 Å². The maximum absolute atomic E-state index is 11.2. The van der Waals surface area contributed by atoms with Crippen LogP contribution in [0.15, 0.2) is 28.0 Å². The molecule has 3 N–H and O–H groups in total. The third kappa shape index (κ3) is 4.24. The number of halogens is 1. The third-order valence-corrected chi connectivity index (χ3v) is 4.19. The molecule has 1 aromatic carbocycles. The van der Waals surface area contributed by atoms with E-state index in [9.17, 15) is 21.6 Å². The van der Waals surface area contributed by atoms with E-state index in [0.29, 0.717) is 0 Å². The minimum atomic E-state index is -4.66.